The van der Waals surface area contributed by atoms with Gasteiger partial charge in [-0.15, -0.1) is 11.3 Å². The van der Waals surface area contributed by atoms with Gasteiger partial charge in [0.15, 0.2) is 0 Å². The Labute approximate surface area is 137 Å². The predicted octanol–water partition coefficient (Wildman–Crippen LogP) is 0.953. The van der Waals surface area contributed by atoms with Gasteiger partial charge in [0.25, 0.3) is 10.0 Å². The lowest BCUT2D eigenvalue weighted by Crippen LogP contribution is -2.50. The van der Waals surface area contributed by atoms with Gasteiger partial charge in [0.2, 0.25) is 5.91 Å². The van der Waals surface area contributed by atoms with Gasteiger partial charge >= 0.3 is 0 Å². The lowest BCUT2D eigenvalue weighted by Gasteiger charge is -2.33. The molecule has 0 aromatic carbocycles. The Bertz CT molecular complexity index is 595. The van der Waals surface area contributed by atoms with Crippen LogP contribution in [0.15, 0.2) is 20.1 Å². The maximum Gasteiger partial charge on any atom is 0.252 e. The molecule has 0 saturated carbocycles. The highest BCUT2D eigenvalue weighted by molar-refractivity contribution is 9.11. The Kier molecular flexibility index (Phi) is 5.78. The van der Waals surface area contributed by atoms with Gasteiger partial charge in [-0.2, -0.15) is 4.31 Å². The molecule has 2 heterocycles. The first-order chi connectivity index (χ1) is 9.93. The van der Waals surface area contributed by atoms with Gasteiger partial charge in [0.05, 0.1) is 10.3 Å². The van der Waals surface area contributed by atoms with E-state index in [4.69, 9.17) is 0 Å². The SMILES string of the molecule is CCNC(=O)CN1CCN(S(=O)(=O)c2ccc(Br)s2)CC1. The van der Waals surface area contributed by atoms with E-state index in [1.54, 1.807) is 12.1 Å². The lowest BCUT2D eigenvalue weighted by molar-refractivity contribution is -0.122. The molecule has 1 fully saturated rings. The Morgan fingerprint density at radius 3 is 2.52 bits per heavy atom. The number of rotatable bonds is 5. The molecule has 21 heavy (non-hydrogen) atoms. The number of hydrogen-bond acceptors (Lipinski definition) is 5. The van der Waals surface area contributed by atoms with Crippen LogP contribution in [0.2, 0.25) is 0 Å². The van der Waals surface area contributed by atoms with Gasteiger partial charge < -0.3 is 5.32 Å². The van der Waals surface area contributed by atoms with E-state index < -0.39 is 10.0 Å². The fourth-order valence-corrected chi connectivity index (χ4v) is 5.73. The summed E-state index contributed by atoms with van der Waals surface area (Å²) in [7, 11) is -3.41. The van der Waals surface area contributed by atoms with Crippen LogP contribution >= 0.6 is 27.3 Å². The second-order valence-corrected chi connectivity index (χ2v) is 9.32. The van der Waals surface area contributed by atoms with Gasteiger partial charge in [-0.05, 0) is 35.0 Å². The van der Waals surface area contributed by atoms with E-state index in [-0.39, 0.29) is 5.91 Å². The maximum absolute atomic E-state index is 12.4. The average Bonchev–Trinajstić information content (AvgIpc) is 2.87. The van der Waals surface area contributed by atoms with Crippen LogP contribution in [0.25, 0.3) is 0 Å². The summed E-state index contributed by atoms with van der Waals surface area (Å²) in [5.74, 6) is -0.0176. The Morgan fingerprint density at radius 2 is 2.00 bits per heavy atom. The molecule has 0 unspecified atom stereocenters. The smallest absolute Gasteiger partial charge is 0.252 e. The van der Waals surface area contributed by atoms with Crippen molar-refractivity contribution in [1.29, 1.82) is 0 Å². The first kappa shape index (κ1) is 16.9. The summed E-state index contributed by atoms with van der Waals surface area (Å²) in [6.45, 7) is 4.79. The highest BCUT2D eigenvalue weighted by Crippen LogP contribution is 2.28. The van der Waals surface area contributed by atoms with Crippen molar-refractivity contribution in [2.45, 2.75) is 11.1 Å². The molecule has 118 valence electrons. The second-order valence-electron chi connectivity index (χ2n) is 4.69. The van der Waals surface area contributed by atoms with Crippen LogP contribution in [-0.2, 0) is 14.8 Å². The molecule has 1 amide bonds. The molecule has 6 nitrogen and oxygen atoms in total. The van der Waals surface area contributed by atoms with E-state index in [1.807, 2.05) is 11.8 Å². The highest BCUT2D eigenvalue weighted by atomic mass is 79.9. The molecule has 2 rings (SSSR count). The molecule has 1 aromatic heterocycles. The van der Waals surface area contributed by atoms with E-state index in [9.17, 15) is 13.2 Å². The van der Waals surface area contributed by atoms with Gasteiger partial charge in [-0.25, -0.2) is 8.42 Å². The van der Waals surface area contributed by atoms with Crippen LogP contribution in [0.5, 0.6) is 0 Å². The van der Waals surface area contributed by atoms with Crippen molar-refractivity contribution in [1.82, 2.24) is 14.5 Å². The van der Waals surface area contributed by atoms with E-state index in [0.29, 0.717) is 43.5 Å². The third-order valence-electron chi connectivity index (χ3n) is 3.22. The largest absolute Gasteiger partial charge is 0.355 e. The number of hydrogen-bond donors (Lipinski definition) is 1. The number of thiophene rings is 1. The summed E-state index contributed by atoms with van der Waals surface area (Å²) in [6.07, 6.45) is 0. The van der Waals surface area contributed by atoms with Gasteiger partial charge in [0, 0.05) is 32.7 Å². The third kappa shape index (κ3) is 4.26. The summed E-state index contributed by atoms with van der Waals surface area (Å²) in [5.41, 5.74) is 0. The van der Waals surface area contributed by atoms with Crippen molar-refractivity contribution in [3.63, 3.8) is 0 Å². The molecule has 1 aliphatic rings. The number of nitrogens with zero attached hydrogens (tertiary/aromatic N) is 2. The molecule has 0 aliphatic carbocycles. The van der Waals surface area contributed by atoms with Gasteiger partial charge in [0.1, 0.15) is 4.21 Å². The molecular weight excluding hydrogens is 378 g/mol. The predicted molar refractivity (Wildman–Crippen MR) is 85.9 cm³/mol. The van der Waals surface area contributed by atoms with Crippen LogP contribution < -0.4 is 5.32 Å². The Morgan fingerprint density at radius 1 is 1.33 bits per heavy atom. The zero-order chi connectivity index (χ0) is 15.5. The molecule has 0 spiro atoms. The summed E-state index contributed by atoms with van der Waals surface area (Å²) in [6, 6.07) is 3.36. The molecule has 1 aliphatic heterocycles. The second kappa shape index (κ2) is 7.19. The van der Waals surface area contributed by atoms with Crippen LogP contribution in [-0.4, -0.2) is 62.8 Å². The van der Waals surface area contributed by atoms with Crippen molar-refractivity contribution >= 4 is 43.2 Å². The van der Waals surface area contributed by atoms with E-state index in [0.717, 1.165) is 3.79 Å². The maximum atomic E-state index is 12.4. The molecule has 0 radical (unpaired) electrons. The summed E-state index contributed by atoms with van der Waals surface area (Å²) in [5, 5.41) is 2.75. The van der Waals surface area contributed by atoms with Crippen molar-refractivity contribution in [3.05, 3.63) is 15.9 Å². The summed E-state index contributed by atoms with van der Waals surface area (Å²) in [4.78, 5) is 13.5. The molecule has 1 aromatic rings. The zero-order valence-corrected chi connectivity index (χ0v) is 14.9. The molecule has 0 atom stereocenters. The quantitative estimate of drug-likeness (QED) is 0.805. The van der Waals surface area contributed by atoms with Crippen molar-refractivity contribution < 1.29 is 13.2 Å². The third-order valence-corrected chi connectivity index (χ3v) is 7.20. The minimum Gasteiger partial charge on any atom is -0.355 e. The average molecular weight is 396 g/mol. The topological polar surface area (TPSA) is 69.7 Å². The van der Waals surface area contributed by atoms with Crippen molar-refractivity contribution in [2.24, 2.45) is 0 Å². The van der Waals surface area contributed by atoms with Gasteiger partial charge in [-0.3, -0.25) is 9.69 Å². The monoisotopic (exact) mass is 395 g/mol. The van der Waals surface area contributed by atoms with E-state index in [2.05, 4.69) is 21.2 Å². The molecule has 1 saturated heterocycles. The molecular formula is C12H18BrN3O3S2. The van der Waals surface area contributed by atoms with E-state index >= 15 is 0 Å². The summed E-state index contributed by atoms with van der Waals surface area (Å²) < 4.78 is 27.5. The molecule has 0 bridgehead atoms. The number of carbonyl (C=O) groups excluding carboxylic acids is 1. The van der Waals surface area contributed by atoms with E-state index in [1.165, 1.54) is 15.6 Å². The number of nitrogens with one attached hydrogen (secondary N) is 1. The number of halogens is 1. The van der Waals surface area contributed by atoms with Crippen LogP contribution in [0.1, 0.15) is 6.92 Å². The first-order valence-electron chi connectivity index (χ1n) is 6.68. The first-order valence-corrected chi connectivity index (χ1v) is 9.73. The highest BCUT2D eigenvalue weighted by Gasteiger charge is 2.29. The fraction of sp³-hybridized carbons (Fsp3) is 0.583. The fourth-order valence-electron chi connectivity index (χ4n) is 2.15. The minimum atomic E-state index is -3.41. The van der Waals surface area contributed by atoms with Crippen LogP contribution in [0.3, 0.4) is 0 Å². The minimum absolute atomic E-state index is 0.0176. The zero-order valence-electron chi connectivity index (χ0n) is 11.7. The number of piperazine rings is 1. The normalized spacial score (nSPS) is 17.8. The van der Waals surface area contributed by atoms with Crippen molar-refractivity contribution in [2.75, 3.05) is 39.3 Å². The lowest BCUT2D eigenvalue weighted by atomic mass is 10.3. The van der Waals surface area contributed by atoms with Crippen LogP contribution in [0, 0.1) is 0 Å². The number of amides is 1. The number of carbonyl (C=O) groups is 1. The summed E-state index contributed by atoms with van der Waals surface area (Å²) >= 11 is 4.50. The van der Waals surface area contributed by atoms with Gasteiger partial charge in [-0.1, -0.05) is 0 Å². The number of likely N-dealkylation sites (N-methyl/N-ethyl adjacent to an activating group) is 1. The Hall–Kier alpha value is -0.480. The van der Waals surface area contributed by atoms with Crippen molar-refractivity contribution in [3.8, 4) is 0 Å². The standard InChI is InChI=1S/C12H18BrN3O3S2/c1-2-14-11(17)9-15-5-7-16(8-6-15)21(18,19)12-4-3-10(13)20-12/h3-4H,2,5-9H2,1H3,(H,14,17). The Balaban J connectivity index is 1.93. The molecule has 1 N–H and O–H groups in total. The molecule has 9 heteroatoms. The number of sulfonamides is 1. The van der Waals surface area contributed by atoms with Crippen LogP contribution in [0.4, 0.5) is 0 Å².